The van der Waals surface area contributed by atoms with Gasteiger partial charge in [-0.2, -0.15) is 0 Å². The van der Waals surface area contributed by atoms with Gasteiger partial charge in [-0.1, -0.05) is 13.8 Å². The van der Waals surface area contributed by atoms with E-state index >= 15 is 0 Å². The summed E-state index contributed by atoms with van der Waals surface area (Å²) in [6.07, 6.45) is 7.04. The zero-order chi connectivity index (χ0) is 11.6. The lowest BCUT2D eigenvalue weighted by molar-refractivity contribution is 0.325. The lowest BCUT2D eigenvalue weighted by atomic mass is 9.85. The Hall–Kier alpha value is -1.32. The van der Waals surface area contributed by atoms with Crippen LogP contribution >= 0.6 is 0 Å². The average molecular weight is 220 g/mol. The van der Waals surface area contributed by atoms with E-state index in [-0.39, 0.29) is 0 Å². The molecular formula is C12H20N4. The van der Waals surface area contributed by atoms with Crippen molar-refractivity contribution in [2.75, 3.05) is 23.7 Å². The molecule has 1 saturated heterocycles. The van der Waals surface area contributed by atoms with Crippen LogP contribution in [0.3, 0.4) is 0 Å². The number of aromatic nitrogens is 2. The van der Waals surface area contributed by atoms with E-state index in [0.29, 0.717) is 11.1 Å². The lowest BCUT2D eigenvalue weighted by Gasteiger charge is -2.23. The van der Waals surface area contributed by atoms with Crippen molar-refractivity contribution in [1.29, 1.82) is 0 Å². The van der Waals surface area contributed by atoms with Gasteiger partial charge in [0.25, 0.3) is 0 Å². The fourth-order valence-corrected chi connectivity index (χ4v) is 2.12. The normalized spacial score (nSPS) is 20.5. The Morgan fingerprint density at radius 2 is 1.88 bits per heavy atom. The zero-order valence-electron chi connectivity index (χ0n) is 10.1. The van der Waals surface area contributed by atoms with Gasteiger partial charge in [0, 0.05) is 13.1 Å². The van der Waals surface area contributed by atoms with E-state index in [0.717, 1.165) is 19.0 Å². The first-order valence-electron chi connectivity index (χ1n) is 5.89. The third-order valence-electron chi connectivity index (χ3n) is 3.28. The number of nitrogens with two attached hydrogens (primary N) is 1. The van der Waals surface area contributed by atoms with Crippen LogP contribution in [0, 0.1) is 5.41 Å². The maximum absolute atomic E-state index is 5.59. The van der Waals surface area contributed by atoms with Crippen LogP contribution in [-0.4, -0.2) is 23.1 Å². The molecule has 4 heteroatoms. The van der Waals surface area contributed by atoms with Crippen molar-refractivity contribution in [2.45, 2.75) is 33.1 Å². The Bertz CT molecular complexity index is 345. The van der Waals surface area contributed by atoms with Gasteiger partial charge in [0.1, 0.15) is 0 Å². The largest absolute Gasteiger partial charge is 0.396 e. The molecule has 0 saturated carbocycles. The summed E-state index contributed by atoms with van der Waals surface area (Å²) in [6.45, 7) is 6.75. The van der Waals surface area contributed by atoms with Gasteiger partial charge in [-0.3, -0.25) is 0 Å². The van der Waals surface area contributed by atoms with Gasteiger partial charge in [-0.05, 0) is 24.7 Å². The van der Waals surface area contributed by atoms with Crippen LogP contribution in [0.15, 0.2) is 12.4 Å². The van der Waals surface area contributed by atoms with Crippen molar-refractivity contribution in [3.05, 3.63) is 12.4 Å². The summed E-state index contributed by atoms with van der Waals surface area (Å²) >= 11 is 0. The molecule has 1 aromatic rings. The van der Waals surface area contributed by atoms with Gasteiger partial charge in [0.2, 0.25) is 5.95 Å². The first-order chi connectivity index (χ1) is 7.57. The van der Waals surface area contributed by atoms with Gasteiger partial charge in [0.05, 0.1) is 18.1 Å². The van der Waals surface area contributed by atoms with E-state index in [9.17, 15) is 0 Å². The SMILES string of the molecule is CC1(C)CCCN(c2ncc(N)cn2)CC1. The van der Waals surface area contributed by atoms with Gasteiger partial charge in [-0.25, -0.2) is 9.97 Å². The average Bonchev–Trinajstić information content (AvgIpc) is 2.41. The molecule has 2 heterocycles. The predicted octanol–water partition coefficient (Wildman–Crippen LogP) is 2.08. The van der Waals surface area contributed by atoms with Crippen molar-refractivity contribution in [2.24, 2.45) is 5.41 Å². The Kier molecular flexibility index (Phi) is 2.99. The second-order valence-corrected chi connectivity index (χ2v) is 5.32. The molecule has 16 heavy (non-hydrogen) atoms. The summed E-state index contributed by atoms with van der Waals surface area (Å²) in [6, 6.07) is 0. The minimum atomic E-state index is 0.447. The standard InChI is InChI=1S/C12H20N4/c1-12(2)4-3-6-16(7-5-12)11-14-8-10(13)9-15-11/h8-9H,3-7,13H2,1-2H3. The van der Waals surface area contributed by atoms with Gasteiger partial charge < -0.3 is 10.6 Å². The fourth-order valence-electron chi connectivity index (χ4n) is 2.12. The highest BCUT2D eigenvalue weighted by Crippen LogP contribution is 2.30. The van der Waals surface area contributed by atoms with E-state index < -0.39 is 0 Å². The Morgan fingerprint density at radius 1 is 1.19 bits per heavy atom. The Morgan fingerprint density at radius 3 is 2.56 bits per heavy atom. The van der Waals surface area contributed by atoms with E-state index in [4.69, 9.17) is 5.73 Å². The van der Waals surface area contributed by atoms with Gasteiger partial charge >= 0.3 is 0 Å². The fraction of sp³-hybridized carbons (Fsp3) is 0.667. The van der Waals surface area contributed by atoms with Crippen LogP contribution in [0.5, 0.6) is 0 Å². The summed E-state index contributed by atoms with van der Waals surface area (Å²) in [5.74, 6) is 0.812. The molecule has 2 rings (SSSR count). The summed E-state index contributed by atoms with van der Waals surface area (Å²) in [5.41, 5.74) is 6.66. The molecule has 0 amide bonds. The molecule has 0 aliphatic carbocycles. The number of nitrogens with zero attached hydrogens (tertiary/aromatic N) is 3. The van der Waals surface area contributed by atoms with Crippen molar-refractivity contribution in [3.63, 3.8) is 0 Å². The second kappa shape index (κ2) is 4.28. The maximum atomic E-state index is 5.59. The molecule has 0 aromatic carbocycles. The third kappa shape index (κ3) is 2.62. The van der Waals surface area contributed by atoms with Crippen LogP contribution in [0.2, 0.25) is 0 Å². The number of rotatable bonds is 1. The second-order valence-electron chi connectivity index (χ2n) is 5.32. The number of hydrogen-bond acceptors (Lipinski definition) is 4. The molecule has 0 unspecified atom stereocenters. The molecular weight excluding hydrogens is 200 g/mol. The number of hydrogen-bond donors (Lipinski definition) is 1. The lowest BCUT2D eigenvalue weighted by Crippen LogP contribution is -2.26. The molecule has 1 aromatic heterocycles. The smallest absolute Gasteiger partial charge is 0.225 e. The first kappa shape index (κ1) is 11.2. The van der Waals surface area contributed by atoms with E-state index in [1.807, 2.05) is 0 Å². The van der Waals surface area contributed by atoms with E-state index in [1.54, 1.807) is 12.4 Å². The van der Waals surface area contributed by atoms with Gasteiger partial charge in [0.15, 0.2) is 0 Å². The number of nitrogen functional groups attached to an aromatic ring is 1. The zero-order valence-corrected chi connectivity index (χ0v) is 10.1. The summed E-state index contributed by atoms with van der Waals surface area (Å²) in [7, 11) is 0. The molecule has 88 valence electrons. The Balaban J connectivity index is 2.08. The number of anilines is 2. The molecule has 0 spiro atoms. The highest BCUT2D eigenvalue weighted by Gasteiger charge is 2.23. The van der Waals surface area contributed by atoms with Crippen molar-refractivity contribution >= 4 is 11.6 Å². The van der Waals surface area contributed by atoms with Crippen molar-refractivity contribution in [3.8, 4) is 0 Å². The van der Waals surface area contributed by atoms with Crippen LogP contribution in [0.4, 0.5) is 11.6 Å². The molecule has 0 atom stereocenters. The molecule has 1 aliphatic rings. The highest BCUT2D eigenvalue weighted by molar-refractivity contribution is 5.37. The molecule has 1 fully saturated rings. The molecule has 0 radical (unpaired) electrons. The van der Waals surface area contributed by atoms with E-state index in [1.165, 1.54) is 19.3 Å². The van der Waals surface area contributed by atoms with Crippen LogP contribution in [0.1, 0.15) is 33.1 Å². The quantitative estimate of drug-likeness (QED) is 0.787. The maximum Gasteiger partial charge on any atom is 0.225 e. The summed E-state index contributed by atoms with van der Waals surface area (Å²) in [4.78, 5) is 10.8. The van der Waals surface area contributed by atoms with Crippen molar-refractivity contribution in [1.82, 2.24) is 9.97 Å². The monoisotopic (exact) mass is 220 g/mol. The summed E-state index contributed by atoms with van der Waals surface area (Å²) in [5, 5.41) is 0. The van der Waals surface area contributed by atoms with E-state index in [2.05, 4.69) is 28.7 Å². The minimum absolute atomic E-state index is 0.447. The first-order valence-corrected chi connectivity index (χ1v) is 5.89. The molecule has 1 aliphatic heterocycles. The third-order valence-corrected chi connectivity index (χ3v) is 3.28. The van der Waals surface area contributed by atoms with Crippen LogP contribution < -0.4 is 10.6 Å². The van der Waals surface area contributed by atoms with Crippen LogP contribution in [0.25, 0.3) is 0 Å². The highest BCUT2D eigenvalue weighted by atomic mass is 15.2. The van der Waals surface area contributed by atoms with Gasteiger partial charge in [-0.15, -0.1) is 0 Å². The molecule has 2 N–H and O–H groups in total. The molecule has 0 bridgehead atoms. The van der Waals surface area contributed by atoms with Crippen LogP contribution in [-0.2, 0) is 0 Å². The predicted molar refractivity (Wildman–Crippen MR) is 66.3 cm³/mol. The topological polar surface area (TPSA) is 55.0 Å². The minimum Gasteiger partial charge on any atom is -0.396 e. The molecule has 4 nitrogen and oxygen atoms in total. The van der Waals surface area contributed by atoms with Crippen molar-refractivity contribution < 1.29 is 0 Å². The Labute approximate surface area is 96.9 Å². The summed E-state index contributed by atoms with van der Waals surface area (Å²) < 4.78 is 0.